The Kier molecular flexibility index (Phi) is 5.04. The Bertz CT molecular complexity index is 1130. The van der Waals surface area contributed by atoms with Crippen molar-refractivity contribution in [2.75, 3.05) is 39.2 Å². The van der Waals surface area contributed by atoms with Gasteiger partial charge in [0.1, 0.15) is 11.3 Å². The molecule has 1 aromatic heterocycles. The standard InChI is InChI=1S/C23H30FN3O4/c1-12-16-18(27(13-7-8-13)9-14(20(16)28)22(29)30)21(31-6)19(17(12)24)26-10-15(25(4)5)23(2,3)11-26/h9,13,15H,7-8,10-11H2,1-6H3,(H,29,30)/t15-/m0/s1. The smallest absolute Gasteiger partial charge is 0.341 e. The Morgan fingerprint density at radius 3 is 2.45 bits per heavy atom. The van der Waals surface area contributed by atoms with Gasteiger partial charge < -0.3 is 24.2 Å². The van der Waals surface area contributed by atoms with Gasteiger partial charge in [-0.15, -0.1) is 0 Å². The van der Waals surface area contributed by atoms with Gasteiger partial charge in [0.05, 0.1) is 18.0 Å². The van der Waals surface area contributed by atoms with Gasteiger partial charge >= 0.3 is 5.97 Å². The summed E-state index contributed by atoms with van der Waals surface area (Å²) in [6.45, 7) is 7.13. The van der Waals surface area contributed by atoms with E-state index in [9.17, 15) is 14.7 Å². The molecule has 1 N–H and O–H groups in total. The second-order valence-corrected chi connectivity index (χ2v) is 9.71. The first-order valence-electron chi connectivity index (χ1n) is 10.6. The highest BCUT2D eigenvalue weighted by atomic mass is 19.1. The Morgan fingerprint density at radius 1 is 1.32 bits per heavy atom. The first-order chi connectivity index (χ1) is 14.5. The number of benzene rings is 1. The third kappa shape index (κ3) is 3.28. The third-order valence-electron chi connectivity index (χ3n) is 6.79. The van der Waals surface area contributed by atoms with Gasteiger partial charge in [-0.3, -0.25) is 4.79 Å². The molecular formula is C23H30FN3O4. The number of fused-ring (bicyclic) bond motifs is 1. The maximum atomic E-state index is 15.8. The number of aromatic nitrogens is 1. The van der Waals surface area contributed by atoms with Crippen molar-refractivity contribution in [3.05, 3.63) is 33.4 Å². The number of carboxylic acids is 1. The van der Waals surface area contributed by atoms with Crippen LogP contribution in [0.25, 0.3) is 10.9 Å². The van der Waals surface area contributed by atoms with Crippen molar-refractivity contribution in [2.45, 2.75) is 45.7 Å². The summed E-state index contributed by atoms with van der Waals surface area (Å²) in [5, 5.41) is 9.64. The lowest BCUT2D eigenvalue weighted by molar-refractivity contribution is 0.0695. The summed E-state index contributed by atoms with van der Waals surface area (Å²) in [5.41, 5.74) is -0.0888. The van der Waals surface area contributed by atoms with Gasteiger partial charge in [-0.25, -0.2) is 9.18 Å². The number of rotatable bonds is 5. The summed E-state index contributed by atoms with van der Waals surface area (Å²) in [6.07, 6.45) is 3.15. The van der Waals surface area contributed by atoms with E-state index in [4.69, 9.17) is 4.74 Å². The molecule has 0 spiro atoms. The first kappa shape index (κ1) is 21.6. The molecule has 2 fully saturated rings. The summed E-state index contributed by atoms with van der Waals surface area (Å²) < 4.78 is 23.4. The molecule has 1 aliphatic heterocycles. The van der Waals surface area contributed by atoms with Gasteiger partial charge in [-0.05, 0) is 39.3 Å². The van der Waals surface area contributed by atoms with Crippen LogP contribution >= 0.6 is 0 Å². The lowest BCUT2D eigenvalue weighted by Crippen LogP contribution is -2.39. The molecule has 2 aliphatic rings. The Morgan fingerprint density at radius 2 is 1.97 bits per heavy atom. The first-order valence-corrected chi connectivity index (χ1v) is 10.6. The molecule has 7 nitrogen and oxygen atoms in total. The van der Waals surface area contributed by atoms with Gasteiger partial charge in [0, 0.05) is 36.9 Å². The minimum absolute atomic E-state index is 0.0763. The number of aryl methyl sites for hydroxylation is 1. The molecule has 1 aromatic carbocycles. The maximum Gasteiger partial charge on any atom is 0.341 e. The molecule has 4 rings (SSSR count). The van der Waals surface area contributed by atoms with E-state index in [1.165, 1.54) is 13.3 Å². The topological polar surface area (TPSA) is 75.0 Å². The predicted octanol–water partition coefficient (Wildman–Crippen LogP) is 3.27. The fraction of sp³-hybridized carbons (Fsp3) is 0.565. The number of methoxy groups -OCH3 is 1. The molecule has 1 aliphatic carbocycles. The zero-order valence-corrected chi connectivity index (χ0v) is 19.0. The largest absolute Gasteiger partial charge is 0.492 e. The summed E-state index contributed by atoms with van der Waals surface area (Å²) in [7, 11) is 5.52. The molecule has 168 valence electrons. The van der Waals surface area contributed by atoms with E-state index < -0.39 is 17.2 Å². The van der Waals surface area contributed by atoms with E-state index in [2.05, 4.69) is 18.7 Å². The summed E-state index contributed by atoms with van der Waals surface area (Å²) in [6, 6.07) is 0.296. The van der Waals surface area contributed by atoms with E-state index in [0.29, 0.717) is 30.0 Å². The van der Waals surface area contributed by atoms with Crippen molar-refractivity contribution in [2.24, 2.45) is 5.41 Å². The van der Waals surface area contributed by atoms with E-state index in [0.717, 1.165) is 12.8 Å². The average Bonchev–Trinajstić information content (AvgIpc) is 3.46. The average molecular weight is 432 g/mol. The van der Waals surface area contributed by atoms with Crippen LogP contribution in [0, 0.1) is 18.2 Å². The van der Waals surface area contributed by atoms with E-state index >= 15 is 4.39 Å². The fourth-order valence-corrected chi connectivity index (χ4v) is 5.13. The molecule has 1 saturated heterocycles. The number of hydrogen-bond acceptors (Lipinski definition) is 5. The number of pyridine rings is 1. The summed E-state index contributed by atoms with van der Waals surface area (Å²) >= 11 is 0. The Hall–Kier alpha value is -2.61. The van der Waals surface area contributed by atoms with Gasteiger partial charge in [-0.1, -0.05) is 13.8 Å². The second kappa shape index (κ2) is 7.22. The highest BCUT2D eigenvalue weighted by Crippen LogP contribution is 2.47. The molecule has 1 saturated carbocycles. The van der Waals surface area contributed by atoms with Crippen LogP contribution in [0.2, 0.25) is 0 Å². The molecule has 2 heterocycles. The van der Waals surface area contributed by atoms with Gasteiger partial charge in [0.15, 0.2) is 11.6 Å². The molecular weight excluding hydrogens is 401 g/mol. The monoisotopic (exact) mass is 431 g/mol. The Balaban J connectivity index is 2.04. The molecule has 1 atom stereocenters. The Labute approximate surface area is 181 Å². The number of anilines is 1. The van der Waals surface area contributed by atoms with Crippen LogP contribution in [0.1, 0.15) is 48.7 Å². The van der Waals surface area contributed by atoms with Crippen LogP contribution < -0.4 is 15.1 Å². The molecule has 2 aromatic rings. The number of hydrogen-bond donors (Lipinski definition) is 1. The van der Waals surface area contributed by atoms with E-state index in [-0.39, 0.29) is 34.0 Å². The van der Waals surface area contributed by atoms with Gasteiger partial charge in [-0.2, -0.15) is 0 Å². The minimum atomic E-state index is -1.31. The quantitative estimate of drug-likeness (QED) is 0.783. The number of carbonyl (C=O) groups is 1. The number of aromatic carboxylic acids is 1. The molecule has 31 heavy (non-hydrogen) atoms. The highest BCUT2D eigenvalue weighted by molar-refractivity contribution is 5.99. The van der Waals surface area contributed by atoms with Crippen LogP contribution in [-0.2, 0) is 0 Å². The molecule has 0 unspecified atom stereocenters. The minimum Gasteiger partial charge on any atom is -0.492 e. The molecule has 0 amide bonds. The van der Waals surface area contributed by atoms with Crippen molar-refractivity contribution < 1.29 is 19.0 Å². The number of ether oxygens (including phenoxy) is 1. The van der Waals surface area contributed by atoms with E-state index in [1.54, 1.807) is 11.5 Å². The molecule has 0 radical (unpaired) electrons. The van der Waals surface area contributed by atoms with E-state index in [1.807, 2.05) is 19.0 Å². The van der Waals surface area contributed by atoms with Crippen LogP contribution in [-0.4, -0.2) is 60.9 Å². The second-order valence-electron chi connectivity index (χ2n) is 9.71. The van der Waals surface area contributed by atoms with Crippen LogP contribution in [0.3, 0.4) is 0 Å². The van der Waals surface area contributed by atoms with Crippen molar-refractivity contribution in [1.82, 2.24) is 9.47 Å². The summed E-state index contributed by atoms with van der Waals surface area (Å²) in [4.78, 5) is 28.9. The van der Waals surface area contributed by atoms with Crippen LogP contribution in [0.4, 0.5) is 10.1 Å². The lowest BCUT2D eigenvalue weighted by Gasteiger charge is -2.30. The maximum absolute atomic E-state index is 15.8. The number of nitrogens with zero attached hydrogens (tertiary/aromatic N) is 3. The third-order valence-corrected chi connectivity index (χ3v) is 6.79. The summed E-state index contributed by atoms with van der Waals surface area (Å²) in [5.74, 6) is -1.53. The number of likely N-dealkylation sites (N-methyl/N-ethyl adjacent to an activating group) is 1. The zero-order valence-electron chi connectivity index (χ0n) is 19.0. The SMILES string of the molecule is COc1c(N2C[C@H](N(C)C)C(C)(C)C2)c(F)c(C)c2c(=O)c(C(=O)O)cn(C3CC3)c12. The van der Waals surface area contributed by atoms with Crippen LogP contribution in [0.5, 0.6) is 5.75 Å². The van der Waals surface area contributed by atoms with Crippen molar-refractivity contribution in [1.29, 1.82) is 0 Å². The highest BCUT2D eigenvalue weighted by Gasteiger charge is 2.43. The van der Waals surface area contributed by atoms with Gasteiger partial charge in [0.25, 0.3) is 0 Å². The van der Waals surface area contributed by atoms with Crippen LogP contribution in [0.15, 0.2) is 11.0 Å². The predicted molar refractivity (Wildman–Crippen MR) is 118 cm³/mol. The van der Waals surface area contributed by atoms with Crippen molar-refractivity contribution in [3.8, 4) is 5.75 Å². The molecule has 0 bridgehead atoms. The van der Waals surface area contributed by atoms with Crippen molar-refractivity contribution >= 4 is 22.6 Å². The van der Waals surface area contributed by atoms with Gasteiger partial charge in [0.2, 0.25) is 5.43 Å². The lowest BCUT2D eigenvalue weighted by atomic mass is 9.87. The zero-order chi connectivity index (χ0) is 22.8. The van der Waals surface area contributed by atoms with Crippen molar-refractivity contribution in [3.63, 3.8) is 0 Å². The fourth-order valence-electron chi connectivity index (χ4n) is 5.13. The normalized spacial score (nSPS) is 20.6. The molecule has 8 heteroatoms. The number of halogens is 1. The number of carboxylic acid groups (broad SMARTS) is 1.